The average Bonchev–Trinajstić information content (AvgIpc) is 3.00. The van der Waals surface area contributed by atoms with Gasteiger partial charge in [0.1, 0.15) is 17.9 Å². The lowest BCUT2D eigenvalue weighted by molar-refractivity contribution is -0.385. The van der Waals surface area contributed by atoms with E-state index in [1.54, 1.807) is 31.2 Å². The Balaban J connectivity index is 1.65. The quantitative estimate of drug-likeness (QED) is 0.284. The van der Waals surface area contributed by atoms with Crippen molar-refractivity contribution in [2.45, 2.75) is 20.0 Å². The summed E-state index contributed by atoms with van der Waals surface area (Å²) in [7, 11) is 0. The molecule has 0 fully saturated rings. The zero-order valence-electron chi connectivity index (χ0n) is 17.2. The molecule has 0 aromatic heterocycles. The van der Waals surface area contributed by atoms with Gasteiger partial charge < -0.3 is 14.8 Å². The van der Waals surface area contributed by atoms with Gasteiger partial charge in [0.25, 0.3) is 23.4 Å². The molecule has 1 N–H and O–H groups in total. The molecule has 1 heterocycles. The van der Waals surface area contributed by atoms with E-state index in [1.165, 1.54) is 19.1 Å². The predicted molar refractivity (Wildman–Crippen MR) is 110 cm³/mol. The number of esters is 1. The first-order valence-corrected chi connectivity index (χ1v) is 9.60. The molecule has 11 heteroatoms. The van der Waals surface area contributed by atoms with Crippen LogP contribution < -0.4 is 10.1 Å². The van der Waals surface area contributed by atoms with Gasteiger partial charge in [0.05, 0.1) is 22.8 Å². The first kappa shape index (κ1) is 22.4. The molecule has 0 saturated carbocycles. The first-order chi connectivity index (χ1) is 15.2. The normalized spacial score (nSPS) is 13.4. The van der Waals surface area contributed by atoms with E-state index in [9.17, 15) is 29.3 Å². The first-order valence-electron chi connectivity index (χ1n) is 9.60. The van der Waals surface area contributed by atoms with E-state index >= 15 is 0 Å². The molecule has 166 valence electrons. The largest absolute Gasteiger partial charge is 0.492 e. The molecule has 0 aliphatic carbocycles. The topological polar surface area (TPSA) is 145 Å². The fraction of sp³-hybridized carbons (Fsp3) is 0.238. The summed E-state index contributed by atoms with van der Waals surface area (Å²) in [5.74, 6) is -3.06. The Bertz CT molecular complexity index is 1110. The highest BCUT2D eigenvalue weighted by atomic mass is 16.6. The van der Waals surface area contributed by atoms with Crippen molar-refractivity contribution in [3.05, 3.63) is 63.7 Å². The number of hydrogen-bond donors (Lipinski definition) is 1. The predicted octanol–water partition coefficient (Wildman–Crippen LogP) is 2.16. The number of benzene rings is 2. The van der Waals surface area contributed by atoms with Crippen molar-refractivity contribution in [3.8, 4) is 5.75 Å². The number of amides is 3. The minimum Gasteiger partial charge on any atom is -0.492 e. The molecule has 1 aliphatic rings. The summed E-state index contributed by atoms with van der Waals surface area (Å²) in [6, 6.07) is 10.3. The zero-order valence-corrected chi connectivity index (χ0v) is 17.2. The maximum absolute atomic E-state index is 12.5. The van der Waals surface area contributed by atoms with E-state index in [0.29, 0.717) is 22.9 Å². The molecule has 3 rings (SSSR count). The van der Waals surface area contributed by atoms with Crippen molar-refractivity contribution in [1.82, 2.24) is 4.90 Å². The van der Waals surface area contributed by atoms with Crippen molar-refractivity contribution in [2.75, 3.05) is 18.5 Å². The van der Waals surface area contributed by atoms with E-state index in [2.05, 4.69) is 5.32 Å². The lowest BCUT2D eigenvalue weighted by Gasteiger charge is -2.17. The number of rotatable bonds is 8. The number of nitrogens with one attached hydrogen (secondary N) is 1. The molecule has 1 aliphatic heterocycles. The van der Waals surface area contributed by atoms with Crippen LogP contribution in [0.1, 0.15) is 34.6 Å². The van der Waals surface area contributed by atoms with Crippen LogP contribution in [-0.2, 0) is 14.3 Å². The van der Waals surface area contributed by atoms with Gasteiger partial charge in [-0.1, -0.05) is 18.2 Å². The second-order valence-corrected chi connectivity index (χ2v) is 6.70. The standard InChI is InChI=1S/C21H19N3O8/c1-3-31-16-10-5-4-8-14(16)22-19(26)12(2)32-17(25)11-23-20(27)13-7-6-9-15(24(29)30)18(13)21(23)28/h4-10,12H,3,11H2,1-2H3,(H,22,26). The Morgan fingerprint density at radius 2 is 1.84 bits per heavy atom. The summed E-state index contributed by atoms with van der Waals surface area (Å²) in [6.07, 6.45) is -1.25. The van der Waals surface area contributed by atoms with Gasteiger partial charge in [0, 0.05) is 6.07 Å². The van der Waals surface area contributed by atoms with E-state index in [4.69, 9.17) is 9.47 Å². The molecule has 2 aromatic carbocycles. The Morgan fingerprint density at radius 1 is 1.12 bits per heavy atom. The molecule has 2 aromatic rings. The number of fused-ring (bicyclic) bond motifs is 1. The van der Waals surface area contributed by atoms with Gasteiger partial charge in [-0.3, -0.25) is 34.2 Å². The Morgan fingerprint density at radius 3 is 2.53 bits per heavy atom. The van der Waals surface area contributed by atoms with Crippen molar-refractivity contribution in [1.29, 1.82) is 0 Å². The van der Waals surface area contributed by atoms with E-state index < -0.39 is 47.0 Å². The Kier molecular flexibility index (Phi) is 6.47. The molecular weight excluding hydrogens is 422 g/mol. The molecule has 11 nitrogen and oxygen atoms in total. The van der Waals surface area contributed by atoms with Crippen LogP contribution >= 0.6 is 0 Å². The highest BCUT2D eigenvalue weighted by molar-refractivity contribution is 6.24. The third-order valence-electron chi connectivity index (χ3n) is 4.58. The van der Waals surface area contributed by atoms with Crippen LogP contribution in [-0.4, -0.2) is 52.8 Å². The van der Waals surface area contributed by atoms with E-state index in [0.717, 1.165) is 6.07 Å². The van der Waals surface area contributed by atoms with Crippen LogP contribution in [0.15, 0.2) is 42.5 Å². The lowest BCUT2D eigenvalue weighted by Crippen LogP contribution is -2.38. The SMILES string of the molecule is CCOc1ccccc1NC(=O)C(C)OC(=O)CN1C(=O)c2cccc([N+](=O)[O-])c2C1=O. The smallest absolute Gasteiger partial charge is 0.326 e. The molecule has 1 unspecified atom stereocenters. The van der Waals surface area contributed by atoms with Gasteiger partial charge in [-0.15, -0.1) is 0 Å². The summed E-state index contributed by atoms with van der Waals surface area (Å²) < 4.78 is 10.5. The summed E-state index contributed by atoms with van der Waals surface area (Å²) in [5.41, 5.74) is -0.698. The molecule has 3 amide bonds. The maximum Gasteiger partial charge on any atom is 0.326 e. The number of ether oxygens (including phenoxy) is 2. The number of anilines is 1. The second kappa shape index (κ2) is 9.25. The van der Waals surface area contributed by atoms with Crippen molar-refractivity contribution in [3.63, 3.8) is 0 Å². The van der Waals surface area contributed by atoms with Gasteiger partial charge in [0.15, 0.2) is 6.10 Å². The summed E-state index contributed by atoms with van der Waals surface area (Å²) in [4.78, 5) is 60.6. The minimum absolute atomic E-state index is 0.171. The number of carbonyl (C=O) groups excluding carboxylic acids is 4. The lowest BCUT2D eigenvalue weighted by atomic mass is 10.1. The number of hydrogen-bond acceptors (Lipinski definition) is 8. The molecule has 0 radical (unpaired) electrons. The molecule has 0 spiro atoms. The third-order valence-corrected chi connectivity index (χ3v) is 4.58. The fourth-order valence-electron chi connectivity index (χ4n) is 3.11. The number of nitrogens with zero attached hydrogens (tertiary/aromatic N) is 2. The zero-order chi connectivity index (χ0) is 23.4. The van der Waals surface area contributed by atoms with Crippen molar-refractivity contribution in [2.24, 2.45) is 0 Å². The molecule has 0 bridgehead atoms. The van der Waals surface area contributed by atoms with Crippen LogP contribution in [0, 0.1) is 10.1 Å². The van der Waals surface area contributed by atoms with Crippen molar-refractivity contribution >= 4 is 35.1 Å². The average molecular weight is 441 g/mol. The third kappa shape index (κ3) is 4.41. The van der Waals surface area contributed by atoms with Crippen LogP contribution in [0.5, 0.6) is 5.75 Å². The Hall–Kier alpha value is -4.28. The molecule has 32 heavy (non-hydrogen) atoms. The second-order valence-electron chi connectivity index (χ2n) is 6.70. The van der Waals surface area contributed by atoms with Gasteiger partial charge >= 0.3 is 5.97 Å². The highest BCUT2D eigenvalue weighted by Crippen LogP contribution is 2.30. The Labute approximate surface area is 182 Å². The fourth-order valence-corrected chi connectivity index (χ4v) is 3.11. The van der Waals surface area contributed by atoms with Crippen molar-refractivity contribution < 1.29 is 33.6 Å². The molecule has 0 saturated heterocycles. The highest BCUT2D eigenvalue weighted by Gasteiger charge is 2.42. The minimum atomic E-state index is -1.25. The van der Waals surface area contributed by atoms with Gasteiger partial charge in [0.2, 0.25) is 0 Å². The van der Waals surface area contributed by atoms with Crippen LogP contribution in [0.3, 0.4) is 0 Å². The van der Waals surface area contributed by atoms with E-state index in [-0.39, 0.29) is 11.1 Å². The maximum atomic E-state index is 12.5. The van der Waals surface area contributed by atoms with Crippen LogP contribution in [0.4, 0.5) is 11.4 Å². The van der Waals surface area contributed by atoms with Gasteiger partial charge in [-0.2, -0.15) is 0 Å². The van der Waals surface area contributed by atoms with Crippen LogP contribution in [0.2, 0.25) is 0 Å². The number of para-hydroxylation sites is 2. The summed E-state index contributed by atoms with van der Waals surface area (Å²) in [5, 5.41) is 13.7. The molecule has 1 atom stereocenters. The summed E-state index contributed by atoms with van der Waals surface area (Å²) in [6.45, 7) is 2.70. The summed E-state index contributed by atoms with van der Waals surface area (Å²) >= 11 is 0. The number of nitro benzene ring substituents is 1. The van der Waals surface area contributed by atoms with Crippen LogP contribution in [0.25, 0.3) is 0 Å². The number of nitro groups is 1. The number of imide groups is 1. The van der Waals surface area contributed by atoms with Gasteiger partial charge in [-0.25, -0.2) is 0 Å². The van der Waals surface area contributed by atoms with E-state index in [1.807, 2.05) is 0 Å². The monoisotopic (exact) mass is 441 g/mol. The molecular formula is C21H19N3O8. The number of carbonyl (C=O) groups is 4. The van der Waals surface area contributed by atoms with Gasteiger partial charge in [-0.05, 0) is 32.0 Å².